The molecule has 0 spiro atoms. The Morgan fingerprint density at radius 2 is 0.375 bits per heavy atom. The summed E-state index contributed by atoms with van der Waals surface area (Å²) < 4.78 is 136. The Balaban J connectivity index is -0.0000000813. The zero-order chi connectivity index (χ0) is 43.5. The Bertz CT molecular complexity index is 605. The fourth-order valence-electron chi connectivity index (χ4n) is 2.41. The van der Waals surface area contributed by atoms with E-state index in [9.17, 15) is 9.59 Å². The van der Waals surface area contributed by atoms with Crippen LogP contribution < -0.4 is 128 Å². The summed E-state index contributed by atoms with van der Waals surface area (Å²) >= 11 is 0. The quantitative estimate of drug-likeness (QED) is 0.101. The molecule has 2 saturated heterocycles. The van der Waals surface area contributed by atoms with Crippen molar-refractivity contribution >= 4 is 11.8 Å². The van der Waals surface area contributed by atoms with E-state index in [4.69, 9.17) is 85.0 Å². The molecule has 0 bridgehead atoms. The molecule has 10 N–H and O–H groups in total. The van der Waals surface area contributed by atoms with Gasteiger partial charge < -0.3 is 63.9 Å². The third-order valence-corrected chi connectivity index (χ3v) is 4.12. The van der Waals surface area contributed by atoms with E-state index in [1.54, 1.807) is 0 Å². The Morgan fingerprint density at radius 3 is 0.411 bits per heavy atom. The van der Waals surface area contributed by atoms with Gasteiger partial charge in [0, 0.05) is 119 Å². The summed E-state index contributed by atoms with van der Waals surface area (Å²) in [5.41, 5.74) is 2.28. The van der Waals surface area contributed by atoms with Crippen LogP contribution in [0.15, 0.2) is 0 Å². The molecule has 2 rings (SSSR count). The standard InChI is InChI=1S/2C8H20N4.2C2H4NO2.4ClHO4.2Co/c2*1-2-10-5-6-12-8-7-11-4-3-9-1;2*1-2(4)3-5;4*2-1(3,4)5;;/h2*9-12H,1-8H2;2*1H3,(H-,3,4,5);4*(H,2,3,4,5);;/q;;2*-1;;;;;2*+3/p-4. The van der Waals surface area contributed by atoms with Crippen molar-refractivity contribution in [3.63, 3.8) is 0 Å². The largest absolute Gasteiger partial charge is 3.00 e. The van der Waals surface area contributed by atoms with Gasteiger partial charge in [-0.15, -0.1) is 41.0 Å². The molecule has 2 fully saturated rings. The van der Waals surface area contributed by atoms with Gasteiger partial charge in [-0.1, -0.05) is 0 Å². The Morgan fingerprint density at radius 1 is 0.321 bits per heavy atom. The molecule has 344 valence electrons. The van der Waals surface area contributed by atoms with Crippen LogP contribution in [0.5, 0.6) is 0 Å². The van der Waals surface area contributed by atoms with E-state index in [0.29, 0.717) is 0 Å². The van der Waals surface area contributed by atoms with Crippen LogP contribution >= 0.6 is 0 Å². The first-order chi connectivity index (χ1) is 24.5. The van der Waals surface area contributed by atoms with Crippen LogP contribution in [0.25, 0.3) is 0 Å². The van der Waals surface area contributed by atoms with E-state index in [-0.39, 0.29) is 33.6 Å². The van der Waals surface area contributed by atoms with Crippen LogP contribution in [0.2, 0.25) is 0 Å². The predicted molar refractivity (Wildman–Crippen MR) is 137 cm³/mol. The van der Waals surface area contributed by atoms with Crippen molar-refractivity contribution < 1.29 is 159 Å². The van der Waals surface area contributed by atoms with E-state index in [1.807, 2.05) is 0 Å². The number of carbonyl (C=O) groups excluding carboxylic acids is 2. The second kappa shape index (κ2) is 51.2. The molecule has 0 aromatic rings. The number of hydroxylamine groups is 2. The molecule has 0 aromatic carbocycles. The van der Waals surface area contributed by atoms with Gasteiger partial charge in [0.25, 0.3) is 0 Å². The van der Waals surface area contributed by atoms with Gasteiger partial charge >= 0.3 is 33.6 Å². The maximum absolute atomic E-state index is 9.39. The first-order valence-electron chi connectivity index (χ1n) is 14.4. The van der Waals surface area contributed by atoms with Crippen molar-refractivity contribution in [1.29, 1.82) is 0 Å². The van der Waals surface area contributed by atoms with E-state index >= 15 is 0 Å². The Labute approximate surface area is 351 Å². The Kier molecular flexibility index (Phi) is 67.3. The first-order valence-corrected chi connectivity index (χ1v) is 19.4. The smallest absolute Gasteiger partial charge is 0.759 e. The van der Waals surface area contributed by atoms with E-state index in [0.717, 1.165) is 130 Å². The molecule has 2 amide bonds. The molecule has 2 heterocycles. The molecular formula is C20H48Cl4Co2N10O20. The van der Waals surface area contributed by atoms with Gasteiger partial charge in [0.15, 0.2) is 0 Å². The summed E-state index contributed by atoms with van der Waals surface area (Å²) in [6.07, 6.45) is 0. The van der Waals surface area contributed by atoms with Crippen LogP contribution in [0.4, 0.5) is 0 Å². The number of hydrogen-bond donors (Lipinski definition) is 10. The van der Waals surface area contributed by atoms with Crippen molar-refractivity contribution in [2.75, 3.05) is 105 Å². The predicted octanol–water partition coefficient (Wildman–Crippen LogP) is -23.1. The first kappa shape index (κ1) is 73.6. The molecule has 56 heavy (non-hydrogen) atoms. The van der Waals surface area contributed by atoms with Crippen LogP contribution in [-0.4, -0.2) is 117 Å². The fraction of sp³-hybridized carbons (Fsp3) is 0.900. The van der Waals surface area contributed by atoms with Crippen molar-refractivity contribution in [1.82, 2.24) is 53.5 Å². The third-order valence-electron chi connectivity index (χ3n) is 4.12. The fourth-order valence-corrected chi connectivity index (χ4v) is 2.41. The van der Waals surface area contributed by atoms with Gasteiger partial charge in [-0.2, -0.15) is 0 Å². The van der Waals surface area contributed by atoms with Gasteiger partial charge in [-0.25, -0.2) is 74.5 Å². The van der Waals surface area contributed by atoms with Crippen LogP contribution in [0.1, 0.15) is 13.8 Å². The normalized spacial score (nSPS) is 15.8. The number of nitrogens with one attached hydrogen (secondary N) is 10. The topological polar surface area (TPSA) is 570 Å². The SMILES string of the molecule is C1CNCCNCCNCCN1.C1CNCCNCCNCCN1.CC(=O)N[O-].CC(=O)N[O-].[Co+3].[Co+3].[O-][Cl+3]([O-])([O-])[O-].[O-][Cl+3]([O-])([O-])[O-].[O-][Cl+3]([O-])([O-])[O-].[O-][Cl+3]([O-])([O-])[O-]. The minimum absolute atomic E-state index is 0. The molecule has 0 saturated carbocycles. The minimum atomic E-state index is -4.94. The van der Waals surface area contributed by atoms with Gasteiger partial charge in [-0.3, -0.25) is 9.59 Å². The van der Waals surface area contributed by atoms with Crippen LogP contribution in [-0.2, 0) is 43.1 Å². The second-order valence-corrected chi connectivity index (χ2v) is 11.9. The van der Waals surface area contributed by atoms with Crippen molar-refractivity contribution in [3.8, 4) is 0 Å². The summed E-state index contributed by atoms with van der Waals surface area (Å²) in [5.74, 6) is -1.10. The van der Waals surface area contributed by atoms with Crippen LogP contribution in [0.3, 0.4) is 0 Å². The minimum Gasteiger partial charge on any atom is -0.759 e. The van der Waals surface area contributed by atoms with Crippen molar-refractivity contribution in [2.45, 2.75) is 13.8 Å². The molecule has 2 aliphatic heterocycles. The van der Waals surface area contributed by atoms with E-state index < -0.39 is 52.8 Å². The molecular weight excluding hydrogens is 960 g/mol. The molecule has 0 unspecified atom stereocenters. The summed E-state index contributed by atoms with van der Waals surface area (Å²) in [5, 5.41) is 44.9. The molecule has 30 nitrogen and oxygen atoms in total. The van der Waals surface area contributed by atoms with Gasteiger partial charge in [0.2, 0.25) is 11.8 Å². The molecule has 0 aromatic heterocycles. The number of amides is 2. The molecule has 0 aliphatic carbocycles. The zero-order valence-electron chi connectivity index (χ0n) is 29.7. The number of hydrogen-bond acceptors (Lipinski definition) is 28. The van der Waals surface area contributed by atoms with Gasteiger partial charge in [0.1, 0.15) is 0 Å². The van der Waals surface area contributed by atoms with E-state index in [2.05, 4.69) is 42.5 Å². The van der Waals surface area contributed by atoms with Gasteiger partial charge in [0.05, 0.1) is 0 Å². The average molecular weight is 1010 g/mol. The maximum atomic E-state index is 9.39. The summed E-state index contributed by atoms with van der Waals surface area (Å²) in [6.45, 7) is 19.5. The number of halogens is 4. The van der Waals surface area contributed by atoms with Gasteiger partial charge in [-0.05, 0) is 0 Å². The van der Waals surface area contributed by atoms with Crippen molar-refractivity contribution in [2.24, 2.45) is 0 Å². The molecule has 36 heteroatoms. The third kappa shape index (κ3) is 193. The number of rotatable bonds is 0. The molecule has 0 atom stereocenters. The summed E-state index contributed by atoms with van der Waals surface area (Å²) in [6, 6.07) is 0. The second-order valence-electron chi connectivity index (χ2n) is 8.83. The average Bonchev–Trinajstić information content (AvgIpc) is 2.95. The van der Waals surface area contributed by atoms with E-state index in [1.165, 1.54) is 0 Å². The van der Waals surface area contributed by atoms with Crippen LogP contribution in [0, 0.1) is 51.4 Å². The molecule has 0 radical (unpaired) electrons. The zero-order valence-corrected chi connectivity index (χ0v) is 34.8. The maximum Gasteiger partial charge on any atom is 3.00 e. The Hall–Kier alpha value is 0.0730. The van der Waals surface area contributed by atoms with Crippen molar-refractivity contribution in [3.05, 3.63) is 10.4 Å². The summed E-state index contributed by atoms with van der Waals surface area (Å²) in [4.78, 5) is 18.8. The monoisotopic (exact) mass is 1010 g/mol. The number of carbonyl (C=O) groups is 2. The molecule has 2 aliphatic rings. The summed E-state index contributed by atoms with van der Waals surface area (Å²) in [7, 11) is -19.8.